The number of rotatable bonds is 5. The van der Waals surface area contributed by atoms with Crippen LogP contribution in [-0.2, 0) is 11.3 Å². The van der Waals surface area contributed by atoms with Crippen LogP contribution in [0.25, 0.3) is 0 Å². The first-order valence-corrected chi connectivity index (χ1v) is 5.52. The highest BCUT2D eigenvalue weighted by atomic mass is 16.5. The molecule has 0 aliphatic carbocycles. The smallest absolute Gasteiger partial charge is 0.337 e. The SMILES string of the molecule is COc1ccc(C(=O)O)c(NC(=O)Cn2cnnn2)c1. The highest BCUT2D eigenvalue weighted by Crippen LogP contribution is 2.22. The number of anilines is 1. The Morgan fingerprint density at radius 3 is 2.85 bits per heavy atom. The average Bonchev–Trinajstić information content (AvgIpc) is 2.90. The molecule has 0 saturated carbocycles. The third-order valence-corrected chi connectivity index (χ3v) is 2.43. The number of amides is 1. The van der Waals surface area contributed by atoms with Crippen molar-refractivity contribution in [3.8, 4) is 5.75 Å². The molecule has 0 aliphatic rings. The first kappa shape index (κ1) is 13.5. The van der Waals surface area contributed by atoms with Crippen LogP contribution in [0.4, 0.5) is 5.69 Å². The number of carboxylic acids is 1. The first-order chi connectivity index (χ1) is 9.60. The zero-order valence-corrected chi connectivity index (χ0v) is 10.5. The average molecular weight is 277 g/mol. The summed E-state index contributed by atoms with van der Waals surface area (Å²) in [6, 6.07) is 4.29. The summed E-state index contributed by atoms with van der Waals surface area (Å²) < 4.78 is 6.21. The molecule has 9 heteroatoms. The Labute approximate surface area is 113 Å². The van der Waals surface area contributed by atoms with E-state index in [2.05, 4.69) is 20.8 Å². The van der Waals surface area contributed by atoms with E-state index >= 15 is 0 Å². The number of hydrogen-bond donors (Lipinski definition) is 2. The van der Waals surface area contributed by atoms with E-state index in [0.717, 1.165) is 0 Å². The van der Waals surface area contributed by atoms with E-state index in [-0.39, 0.29) is 17.8 Å². The van der Waals surface area contributed by atoms with E-state index < -0.39 is 11.9 Å². The summed E-state index contributed by atoms with van der Waals surface area (Å²) in [7, 11) is 1.45. The molecule has 0 saturated heterocycles. The third-order valence-electron chi connectivity index (χ3n) is 2.43. The molecule has 1 aromatic heterocycles. The molecule has 9 nitrogen and oxygen atoms in total. The lowest BCUT2D eigenvalue weighted by Gasteiger charge is -2.10. The van der Waals surface area contributed by atoms with Crippen molar-refractivity contribution in [2.24, 2.45) is 0 Å². The minimum absolute atomic E-state index is 0.0316. The molecule has 104 valence electrons. The van der Waals surface area contributed by atoms with Gasteiger partial charge in [0.2, 0.25) is 5.91 Å². The quantitative estimate of drug-likeness (QED) is 0.790. The maximum Gasteiger partial charge on any atom is 0.337 e. The van der Waals surface area contributed by atoms with Crippen molar-refractivity contribution in [1.82, 2.24) is 20.2 Å². The Morgan fingerprint density at radius 2 is 2.25 bits per heavy atom. The summed E-state index contributed by atoms with van der Waals surface area (Å²) in [6.07, 6.45) is 1.28. The second kappa shape index (κ2) is 5.78. The summed E-state index contributed by atoms with van der Waals surface area (Å²) in [4.78, 5) is 22.9. The molecule has 0 spiro atoms. The van der Waals surface area contributed by atoms with Crippen molar-refractivity contribution in [1.29, 1.82) is 0 Å². The van der Waals surface area contributed by atoms with Gasteiger partial charge in [-0.3, -0.25) is 4.79 Å². The van der Waals surface area contributed by atoms with Gasteiger partial charge in [0.25, 0.3) is 0 Å². The van der Waals surface area contributed by atoms with Crippen molar-refractivity contribution >= 4 is 17.6 Å². The molecule has 0 radical (unpaired) electrons. The normalized spacial score (nSPS) is 10.1. The van der Waals surface area contributed by atoms with Gasteiger partial charge in [-0.05, 0) is 22.6 Å². The van der Waals surface area contributed by atoms with E-state index in [4.69, 9.17) is 9.84 Å². The fourth-order valence-corrected chi connectivity index (χ4v) is 1.53. The number of carboxylic acid groups (broad SMARTS) is 1. The second-order valence-corrected chi connectivity index (χ2v) is 3.77. The van der Waals surface area contributed by atoms with Crippen LogP contribution < -0.4 is 10.1 Å². The molecule has 2 N–H and O–H groups in total. The fraction of sp³-hybridized carbons (Fsp3) is 0.182. The van der Waals surface area contributed by atoms with Crippen molar-refractivity contribution in [3.63, 3.8) is 0 Å². The molecular weight excluding hydrogens is 266 g/mol. The number of ether oxygens (including phenoxy) is 1. The van der Waals surface area contributed by atoms with Gasteiger partial charge in [0.1, 0.15) is 18.6 Å². The van der Waals surface area contributed by atoms with Gasteiger partial charge in [-0.1, -0.05) is 0 Å². The Morgan fingerprint density at radius 1 is 1.45 bits per heavy atom. The van der Waals surface area contributed by atoms with Crippen molar-refractivity contribution < 1.29 is 19.4 Å². The van der Waals surface area contributed by atoms with E-state index in [1.807, 2.05) is 0 Å². The second-order valence-electron chi connectivity index (χ2n) is 3.77. The summed E-state index contributed by atoms with van der Waals surface area (Å²) in [6.45, 7) is -0.122. The van der Waals surface area contributed by atoms with Gasteiger partial charge in [-0.25, -0.2) is 9.48 Å². The zero-order chi connectivity index (χ0) is 14.5. The van der Waals surface area contributed by atoms with Crippen molar-refractivity contribution in [3.05, 3.63) is 30.1 Å². The molecule has 20 heavy (non-hydrogen) atoms. The minimum atomic E-state index is -1.15. The molecule has 0 aliphatic heterocycles. The highest BCUT2D eigenvalue weighted by molar-refractivity contribution is 6.00. The van der Waals surface area contributed by atoms with Crippen LogP contribution in [-0.4, -0.2) is 44.3 Å². The number of carbonyl (C=O) groups excluding carboxylic acids is 1. The predicted molar refractivity (Wildman–Crippen MR) is 66.4 cm³/mol. The topological polar surface area (TPSA) is 119 Å². The van der Waals surface area contributed by atoms with E-state index in [9.17, 15) is 9.59 Å². The molecule has 0 fully saturated rings. The van der Waals surface area contributed by atoms with Gasteiger partial charge in [0, 0.05) is 6.07 Å². The number of aromatic carboxylic acids is 1. The van der Waals surface area contributed by atoms with Gasteiger partial charge in [-0.15, -0.1) is 5.10 Å². The number of benzene rings is 1. The number of nitrogens with one attached hydrogen (secondary N) is 1. The Bertz CT molecular complexity index is 626. The molecule has 1 aromatic carbocycles. The van der Waals surface area contributed by atoms with Crippen LogP contribution in [0.1, 0.15) is 10.4 Å². The summed E-state index contributed by atoms with van der Waals surface area (Å²) >= 11 is 0. The van der Waals surface area contributed by atoms with Crippen molar-refractivity contribution in [2.75, 3.05) is 12.4 Å². The largest absolute Gasteiger partial charge is 0.497 e. The maximum absolute atomic E-state index is 11.8. The lowest BCUT2D eigenvalue weighted by atomic mass is 10.1. The lowest BCUT2D eigenvalue weighted by molar-refractivity contribution is -0.116. The third kappa shape index (κ3) is 3.07. The molecular formula is C11H11N5O4. The van der Waals surface area contributed by atoms with E-state index in [0.29, 0.717) is 5.75 Å². The summed E-state index contributed by atoms with van der Waals surface area (Å²) in [5, 5.41) is 21.9. The molecule has 1 amide bonds. The van der Waals surface area contributed by atoms with Crippen molar-refractivity contribution in [2.45, 2.75) is 6.54 Å². The minimum Gasteiger partial charge on any atom is -0.497 e. The summed E-state index contributed by atoms with van der Waals surface area (Å²) in [5.41, 5.74) is 0.116. The van der Waals surface area contributed by atoms with Gasteiger partial charge >= 0.3 is 5.97 Å². The molecule has 0 atom stereocenters. The predicted octanol–water partition coefficient (Wildman–Crippen LogP) is 0.0186. The van der Waals surface area contributed by atoms with E-state index in [1.54, 1.807) is 0 Å². The molecule has 1 heterocycles. The van der Waals surface area contributed by atoms with Gasteiger partial charge in [0.05, 0.1) is 18.4 Å². The summed E-state index contributed by atoms with van der Waals surface area (Å²) in [5.74, 6) is -1.16. The Kier molecular flexibility index (Phi) is 3.89. The molecule has 0 bridgehead atoms. The maximum atomic E-state index is 11.8. The van der Waals surface area contributed by atoms with Gasteiger partial charge in [0.15, 0.2) is 0 Å². The zero-order valence-electron chi connectivity index (χ0n) is 10.5. The Balaban J connectivity index is 2.18. The molecule has 2 aromatic rings. The molecule has 0 unspecified atom stereocenters. The van der Waals surface area contributed by atoms with Gasteiger partial charge < -0.3 is 15.2 Å². The number of methoxy groups -OCH3 is 1. The highest BCUT2D eigenvalue weighted by Gasteiger charge is 2.14. The standard InChI is InChI=1S/C11H11N5O4/c1-20-7-2-3-8(11(18)19)9(4-7)13-10(17)5-16-6-12-14-15-16/h2-4,6H,5H2,1H3,(H,13,17)(H,18,19). The number of tetrazole rings is 1. The number of aromatic nitrogens is 4. The number of carbonyl (C=O) groups is 2. The van der Waals surface area contributed by atoms with Gasteiger partial charge in [-0.2, -0.15) is 0 Å². The van der Waals surface area contributed by atoms with Crippen LogP contribution in [0, 0.1) is 0 Å². The number of nitrogens with zero attached hydrogens (tertiary/aromatic N) is 4. The monoisotopic (exact) mass is 277 g/mol. The lowest BCUT2D eigenvalue weighted by Crippen LogP contribution is -2.20. The van der Waals surface area contributed by atoms with Crippen LogP contribution in [0.2, 0.25) is 0 Å². The van der Waals surface area contributed by atoms with Crippen LogP contribution in [0.15, 0.2) is 24.5 Å². The first-order valence-electron chi connectivity index (χ1n) is 5.52. The molecule has 2 rings (SSSR count). The number of hydrogen-bond acceptors (Lipinski definition) is 6. The Hall–Kier alpha value is -2.97. The van der Waals surface area contributed by atoms with Crippen LogP contribution in [0.3, 0.4) is 0 Å². The van der Waals surface area contributed by atoms with Crippen LogP contribution in [0.5, 0.6) is 5.75 Å². The van der Waals surface area contributed by atoms with E-state index in [1.165, 1.54) is 36.3 Å². The fourth-order valence-electron chi connectivity index (χ4n) is 1.53. The van der Waals surface area contributed by atoms with Crippen LogP contribution >= 0.6 is 0 Å².